The number of nitrogens with one attached hydrogen (secondary N) is 1. The van der Waals surface area contributed by atoms with Gasteiger partial charge in [-0.3, -0.25) is 4.90 Å². The van der Waals surface area contributed by atoms with Gasteiger partial charge in [-0.25, -0.2) is 4.98 Å². The van der Waals surface area contributed by atoms with Gasteiger partial charge in [0.05, 0.1) is 6.61 Å². The van der Waals surface area contributed by atoms with Crippen LogP contribution in [-0.4, -0.2) is 41.1 Å². The Morgan fingerprint density at radius 2 is 2.25 bits per heavy atom. The maximum atomic E-state index is 5.89. The second kappa shape index (κ2) is 6.33. The second-order valence-electron chi connectivity index (χ2n) is 5.79. The van der Waals surface area contributed by atoms with E-state index in [0.29, 0.717) is 10.6 Å². The molecule has 3 rings (SSSR count). The topological polar surface area (TPSA) is 41.1 Å². The Labute approximate surface area is 125 Å². The van der Waals surface area contributed by atoms with E-state index in [-0.39, 0.29) is 6.10 Å². The summed E-state index contributed by atoms with van der Waals surface area (Å²) in [5.41, 5.74) is 1.26. The number of aromatic nitrogens is 2. The van der Waals surface area contributed by atoms with Crippen LogP contribution in [0.25, 0.3) is 0 Å². The minimum Gasteiger partial charge on any atom is -0.368 e. The van der Waals surface area contributed by atoms with Gasteiger partial charge < -0.3 is 9.72 Å². The van der Waals surface area contributed by atoms with Crippen molar-refractivity contribution in [3.8, 4) is 0 Å². The van der Waals surface area contributed by atoms with Crippen LogP contribution in [0, 0.1) is 4.64 Å². The van der Waals surface area contributed by atoms with Crippen molar-refractivity contribution in [1.82, 2.24) is 14.9 Å². The summed E-state index contributed by atoms with van der Waals surface area (Å²) in [6.45, 7) is 5.93. The molecule has 1 saturated heterocycles. The molecule has 4 nitrogen and oxygen atoms in total. The van der Waals surface area contributed by atoms with Gasteiger partial charge in [0.2, 0.25) is 0 Å². The molecule has 0 bridgehead atoms. The number of morpholine rings is 1. The van der Waals surface area contributed by atoms with Crippen LogP contribution < -0.4 is 0 Å². The second-order valence-corrected chi connectivity index (χ2v) is 6.21. The molecule has 1 atom stereocenters. The molecule has 1 aliphatic heterocycles. The van der Waals surface area contributed by atoms with E-state index in [2.05, 4.69) is 21.8 Å². The lowest BCUT2D eigenvalue weighted by molar-refractivity contribution is -0.0327. The number of ether oxygens (including phenoxy) is 1. The fraction of sp³-hybridized carbons (Fsp3) is 0.733. The van der Waals surface area contributed by atoms with Crippen molar-refractivity contribution in [1.29, 1.82) is 0 Å². The molecule has 0 aromatic carbocycles. The van der Waals surface area contributed by atoms with Gasteiger partial charge in [-0.2, -0.15) is 0 Å². The number of rotatable bonds is 3. The van der Waals surface area contributed by atoms with Crippen molar-refractivity contribution < 1.29 is 4.74 Å². The van der Waals surface area contributed by atoms with E-state index in [0.717, 1.165) is 32.1 Å². The average molecular weight is 293 g/mol. The Kier molecular flexibility index (Phi) is 4.48. The molecular formula is C15H23N3OS. The molecule has 2 aliphatic rings. The molecule has 1 saturated carbocycles. The van der Waals surface area contributed by atoms with Crippen LogP contribution in [0.1, 0.15) is 56.1 Å². The predicted molar refractivity (Wildman–Crippen MR) is 81.4 cm³/mol. The molecule has 2 fully saturated rings. The first-order chi connectivity index (χ1) is 9.76. The standard InChI is InChI=1S/C15H23N3OS/c1-2-18-7-8-19-13(10-18)15-16-12(9-14(20)17-15)11-5-3-4-6-11/h9,11,13H,2-8,10H2,1H3,(H,16,17,20). The van der Waals surface area contributed by atoms with Crippen molar-refractivity contribution in [3.63, 3.8) is 0 Å². The SMILES string of the molecule is CCN1CCOC(c2nc(=S)cc(C3CCCC3)[nH]2)C1. The van der Waals surface area contributed by atoms with Gasteiger partial charge in [-0.15, -0.1) is 0 Å². The zero-order valence-electron chi connectivity index (χ0n) is 12.1. The maximum Gasteiger partial charge on any atom is 0.138 e. The lowest BCUT2D eigenvalue weighted by atomic mass is 10.0. The lowest BCUT2D eigenvalue weighted by Crippen LogP contribution is -2.38. The first-order valence-corrected chi connectivity index (χ1v) is 8.12. The van der Waals surface area contributed by atoms with Crippen molar-refractivity contribution in [3.05, 3.63) is 22.2 Å². The molecule has 0 amide bonds. The summed E-state index contributed by atoms with van der Waals surface area (Å²) >= 11 is 5.35. The van der Waals surface area contributed by atoms with E-state index in [4.69, 9.17) is 17.0 Å². The number of hydrogen-bond acceptors (Lipinski definition) is 4. The molecule has 1 aliphatic carbocycles. The van der Waals surface area contributed by atoms with Crippen LogP contribution in [0.4, 0.5) is 0 Å². The van der Waals surface area contributed by atoms with Crippen LogP contribution in [0.5, 0.6) is 0 Å². The van der Waals surface area contributed by atoms with E-state index in [1.54, 1.807) is 0 Å². The summed E-state index contributed by atoms with van der Waals surface area (Å²) in [5.74, 6) is 1.54. The highest BCUT2D eigenvalue weighted by atomic mass is 32.1. The molecule has 110 valence electrons. The third-order valence-electron chi connectivity index (χ3n) is 4.48. The minimum absolute atomic E-state index is 0.0340. The summed E-state index contributed by atoms with van der Waals surface area (Å²) in [5, 5.41) is 0. The summed E-state index contributed by atoms with van der Waals surface area (Å²) in [7, 11) is 0. The van der Waals surface area contributed by atoms with Crippen molar-refractivity contribution in [2.24, 2.45) is 0 Å². The van der Waals surface area contributed by atoms with Gasteiger partial charge in [-0.1, -0.05) is 32.0 Å². The van der Waals surface area contributed by atoms with Gasteiger partial charge in [0.15, 0.2) is 0 Å². The first-order valence-electron chi connectivity index (χ1n) is 7.71. The highest BCUT2D eigenvalue weighted by molar-refractivity contribution is 7.71. The lowest BCUT2D eigenvalue weighted by Gasteiger charge is -2.31. The summed E-state index contributed by atoms with van der Waals surface area (Å²) < 4.78 is 6.58. The number of aromatic amines is 1. The van der Waals surface area contributed by atoms with Gasteiger partial charge >= 0.3 is 0 Å². The average Bonchev–Trinajstić information content (AvgIpc) is 3.01. The Morgan fingerprint density at radius 1 is 1.45 bits per heavy atom. The smallest absolute Gasteiger partial charge is 0.138 e. The minimum atomic E-state index is 0.0340. The highest BCUT2D eigenvalue weighted by Crippen LogP contribution is 2.33. The molecule has 0 radical (unpaired) electrons. The van der Waals surface area contributed by atoms with Crippen molar-refractivity contribution in [2.75, 3.05) is 26.2 Å². The van der Waals surface area contributed by atoms with Gasteiger partial charge in [0, 0.05) is 18.8 Å². The van der Waals surface area contributed by atoms with Gasteiger partial charge in [0.1, 0.15) is 16.6 Å². The van der Waals surface area contributed by atoms with E-state index in [1.165, 1.54) is 31.4 Å². The summed E-state index contributed by atoms with van der Waals surface area (Å²) in [6.07, 6.45) is 5.22. The molecule has 2 heterocycles. The molecular weight excluding hydrogens is 270 g/mol. The van der Waals surface area contributed by atoms with Crippen LogP contribution in [0.3, 0.4) is 0 Å². The first kappa shape index (κ1) is 14.2. The van der Waals surface area contributed by atoms with Crippen LogP contribution in [-0.2, 0) is 4.74 Å². The summed E-state index contributed by atoms with van der Waals surface area (Å²) in [6, 6.07) is 2.04. The Balaban J connectivity index is 1.83. The molecule has 1 N–H and O–H groups in total. The van der Waals surface area contributed by atoms with E-state index >= 15 is 0 Å². The zero-order chi connectivity index (χ0) is 13.9. The normalized spacial score (nSPS) is 25.1. The molecule has 20 heavy (non-hydrogen) atoms. The fourth-order valence-electron chi connectivity index (χ4n) is 3.26. The Bertz CT molecular complexity index is 510. The Hall–Kier alpha value is -0.780. The largest absolute Gasteiger partial charge is 0.368 e. The predicted octanol–water partition coefficient (Wildman–Crippen LogP) is 3.19. The third-order valence-corrected chi connectivity index (χ3v) is 4.69. The van der Waals surface area contributed by atoms with Crippen LogP contribution in [0.2, 0.25) is 0 Å². The van der Waals surface area contributed by atoms with Crippen LogP contribution >= 0.6 is 12.2 Å². The van der Waals surface area contributed by atoms with Crippen molar-refractivity contribution in [2.45, 2.75) is 44.6 Å². The van der Waals surface area contributed by atoms with E-state index < -0.39 is 0 Å². The number of H-pyrrole nitrogens is 1. The molecule has 1 aromatic heterocycles. The van der Waals surface area contributed by atoms with Crippen LogP contribution in [0.15, 0.2) is 6.07 Å². The zero-order valence-corrected chi connectivity index (χ0v) is 12.9. The van der Waals surface area contributed by atoms with E-state index in [9.17, 15) is 0 Å². The quantitative estimate of drug-likeness (QED) is 0.869. The Morgan fingerprint density at radius 3 is 3.00 bits per heavy atom. The summed E-state index contributed by atoms with van der Waals surface area (Å²) in [4.78, 5) is 10.4. The van der Waals surface area contributed by atoms with Crippen molar-refractivity contribution >= 4 is 12.2 Å². The van der Waals surface area contributed by atoms with E-state index in [1.807, 2.05) is 6.07 Å². The third kappa shape index (κ3) is 3.10. The fourth-order valence-corrected chi connectivity index (χ4v) is 3.49. The van der Waals surface area contributed by atoms with Gasteiger partial charge in [-0.05, 0) is 31.4 Å². The number of hydrogen-bond donors (Lipinski definition) is 1. The molecule has 1 aromatic rings. The monoisotopic (exact) mass is 293 g/mol. The number of likely N-dealkylation sites (N-methyl/N-ethyl adjacent to an activating group) is 1. The number of nitrogens with zero attached hydrogens (tertiary/aromatic N) is 2. The molecule has 0 spiro atoms. The maximum absolute atomic E-state index is 5.89. The molecule has 5 heteroatoms. The highest BCUT2D eigenvalue weighted by Gasteiger charge is 2.24. The van der Waals surface area contributed by atoms with Gasteiger partial charge in [0.25, 0.3) is 0 Å². The molecule has 1 unspecified atom stereocenters.